The van der Waals surface area contributed by atoms with E-state index in [2.05, 4.69) is 29.3 Å². The van der Waals surface area contributed by atoms with Gasteiger partial charge in [-0.15, -0.1) is 0 Å². The van der Waals surface area contributed by atoms with E-state index in [4.69, 9.17) is 0 Å². The van der Waals surface area contributed by atoms with Crippen molar-refractivity contribution in [2.45, 2.75) is 6.92 Å². The summed E-state index contributed by atoms with van der Waals surface area (Å²) in [6, 6.07) is 8.22. The minimum absolute atomic E-state index is 0.172. The van der Waals surface area contributed by atoms with E-state index in [1.807, 2.05) is 17.0 Å². The Bertz CT molecular complexity index is 456. The van der Waals surface area contributed by atoms with E-state index in [9.17, 15) is 4.79 Å². The summed E-state index contributed by atoms with van der Waals surface area (Å²) in [6.07, 6.45) is 0. The third-order valence-corrected chi connectivity index (χ3v) is 3.89. The van der Waals surface area contributed by atoms with Crippen molar-refractivity contribution >= 4 is 17.3 Å². The van der Waals surface area contributed by atoms with Crippen LogP contribution in [0.5, 0.6) is 0 Å². The van der Waals surface area contributed by atoms with Crippen LogP contribution < -0.4 is 15.1 Å². The first-order chi connectivity index (χ1) is 8.81. The van der Waals surface area contributed by atoms with Crippen LogP contribution in [0, 0.1) is 5.92 Å². The van der Waals surface area contributed by atoms with Crippen molar-refractivity contribution in [3.8, 4) is 0 Å². The van der Waals surface area contributed by atoms with Crippen molar-refractivity contribution in [3.05, 3.63) is 24.3 Å². The number of fused-ring (bicyclic) bond motifs is 1. The lowest BCUT2D eigenvalue weighted by Crippen LogP contribution is -2.54. The van der Waals surface area contributed by atoms with Crippen LogP contribution in [0.2, 0.25) is 0 Å². The Morgan fingerprint density at radius 2 is 2.00 bits per heavy atom. The quantitative estimate of drug-likeness (QED) is 0.847. The summed E-state index contributed by atoms with van der Waals surface area (Å²) in [5.41, 5.74) is 2.26. The molecule has 1 fully saturated rings. The van der Waals surface area contributed by atoms with Gasteiger partial charge in [-0.3, -0.25) is 4.79 Å². The predicted molar refractivity (Wildman–Crippen MR) is 73.0 cm³/mol. The average Bonchev–Trinajstić information content (AvgIpc) is 2.35. The molecular formula is C14H19N3O. The summed E-state index contributed by atoms with van der Waals surface area (Å²) in [5, 5.41) is 3.17. The largest absolute Gasteiger partial charge is 0.368 e. The summed E-state index contributed by atoms with van der Waals surface area (Å²) in [6.45, 7) is 6.54. The number of hydrogen-bond acceptors (Lipinski definition) is 3. The normalized spacial score (nSPS) is 19.4. The molecule has 1 N–H and O–H groups in total. The molecule has 0 aliphatic carbocycles. The second-order valence-electron chi connectivity index (χ2n) is 4.91. The molecule has 1 aromatic rings. The van der Waals surface area contributed by atoms with Crippen molar-refractivity contribution in [2.75, 3.05) is 42.5 Å². The van der Waals surface area contributed by atoms with Gasteiger partial charge < -0.3 is 15.1 Å². The van der Waals surface area contributed by atoms with Gasteiger partial charge in [0.05, 0.1) is 17.3 Å². The fourth-order valence-corrected chi connectivity index (χ4v) is 2.66. The number of carbonyl (C=O) groups excluding carboxylic acids is 1. The number of amides is 1. The first-order valence-electron chi connectivity index (χ1n) is 6.67. The predicted octanol–water partition coefficient (Wildman–Crippen LogP) is 1.08. The van der Waals surface area contributed by atoms with Gasteiger partial charge in [0.2, 0.25) is 5.91 Å². The zero-order valence-electron chi connectivity index (χ0n) is 10.7. The lowest BCUT2D eigenvalue weighted by molar-refractivity contribution is -0.123. The molecule has 96 valence electrons. The van der Waals surface area contributed by atoms with Gasteiger partial charge in [0, 0.05) is 32.7 Å². The Morgan fingerprint density at radius 3 is 2.61 bits per heavy atom. The Labute approximate surface area is 108 Å². The van der Waals surface area contributed by atoms with Gasteiger partial charge in [0.25, 0.3) is 0 Å². The summed E-state index contributed by atoms with van der Waals surface area (Å²) in [4.78, 5) is 16.7. The van der Waals surface area contributed by atoms with E-state index < -0.39 is 0 Å². The third kappa shape index (κ3) is 1.77. The van der Waals surface area contributed by atoms with Gasteiger partial charge in [0.15, 0.2) is 0 Å². The van der Waals surface area contributed by atoms with E-state index in [1.54, 1.807) is 0 Å². The number of anilines is 2. The number of carbonyl (C=O) groups is 1. The molecule has 2 aliphatic rings. The summed E-state index contributed by atoms with van der Waals surface area (Å²) >= 11 is 0. The Morgan fingerprint density at radius 1 is 1.28 bits per heavy atom. The monoisotopic (exact) mass is 245 g/mol. The highest BCUT2D eigenvalue weighted by Crippen LogP contribution is 2.33. The molecule has 0 bridgehead atoms. The molecule has 0 unspecified atom stereocenters. The van der Waals surface area contributed by atoms with Crippen molar-refractivity contribution in [1.82, 2.24) is 5.32 Å². The van der Waals surface area contributed by atoms with Crippen molar-refractivity contribution in [3.63, 3.8) is 0 Å². The molecular weight excluding hydrogens is 226 g/mol. The highest BCUT2D eigenvalue weighted by Gasteiger charge is 2.33. The van der Waals surface area contributed by atoms with Crippen LogP contribution in [0.3, 0.4) is 0 Å². The van der Waals surface area contributed by atoms with E-state index in [0.717, 1.165) is 38.4 Å². The number of rotatable bonds is 2. The van der Waals surface area contributed by atoms with Gasteiger partial charge in [-0.1, -0.05) is 12.1 Å². The molecule has 1 amide bonds. The van der Waals surface area contributed by atoms with Gasteiger partial charge in [-0.25, -0.2) is 0 Å². The van der Waals surface area contributed by atoms with Crippen molar-refractivity contribution < 1.29 is 4.79 Å². The van der Waals surface area contributed by atoms with Gasteiger partial charge in [-0.05, 0) is 19.1 Å². The molecule has 4 nitrogen and oxygen atoms in total. The van der Waals surface area contributed by atoms with Crippen LogP contribution in [0.25, 0.3) is 0 Å². The van der Waals surface area contributed by atoms with Crippen LogP contribution in [0.15, 0.2) is 24.3 Å². The number of likely N-dealkylation sites (N-methyl/N-ethyl adjacent to an activating group) is 1. The molecule has 0 atom stereocenters. The van der Waals surface area contributed by atoms with E-state index in [-0.39, 0.29) is 11.8 Å². The summed E-state index contributed by atoms with van der Waals surface area (Å²) < 4.78 is 0. The molecule has 0 saturated carbocycles. The fraction of sp³-hybridized carbons (Fsp3) is 0.500. The first-order valence-corrected chi connectivity index (χ1v) is 6.67. The van der Waals surface area contributed by atoms with E-state index >= 15 is 0 Å². The van der Waals surface area contributed by atoms with E-state index in [1.165, 1.54) is 5.69 Å². The molecule has 0 spiro atoms. The van der Waals surface area contributed by atoms with Gasteiger partial charge in [-0.2, -0.15) is 0 Å². The average molecular weight is 245 g/mol. The third-order valence-electron chi connectivity index (χ3n) is 3.89. The Kier molecular flexibility index (Phi) is 2.96. The molecule has 3 rings (SSSR count). The zero-order chi connectivity index (χ0) is 12.5. The lowest BCUT2D eigenvalue weighted by Gasteiger charge is -2.40. The first kappa shape index (κ1) is 11.5. The van der Waals surface area contributed by atoms with Gasteiger partial charge in [0.1, 0.15) is 0 Å². The highest BCUT2D eigenvalue weighted by atomic mass is 16.2. The molecule has 18 heavy (non-hydrogen) atoms. The maximum Gasteiger partial charge on any atom is 0.232 e. The molecule has 1 aromatic carbocycles. The Balaban J connectivity index is 1.91. The van der Waals surface area contributed by atoms with Crippen molar-refractivity contribution in [1.29, 1.82) is 0 Å². The van der Waals surface area contributed by atoms with Crippen LogP contribution in [-0.2, 0) is 4.79 Å². The zero-order valence-corrected chi connectivity index (χ0v) is 10.7. The summed E-state index contributed by atoms with van der Waals surface area (Å²) in [7, 11) is 0. The molecule has 2 heterocycles. The number of nitrogens with zero attached hydrogens (tertiary/aromatic N) is 2. The minimum atomic E-state index is 0.172. The standard InChI is InChI=1S/C14H19N3O/c1-2-16-7-8-17(14(18)11-9-15-10-11)13-6-4-3-5-12(13)16/h3-6,11,15H,2,7-10H2,1H3. The maximum atomic E-state index is 12.4. The maximum absolute atomic E-state index is 12.4. The number of hydrogen-bond donors (Lipinski definition) is 1. The topological polar surface area (TPSA) is 35.6 Å². The second-order valence-corrected chi connectivity index (χ2v) is 4.91. The minimum Gasteiger partial charge on any atom is -0.368 e. The van der Waals surface area contributed by atoms with E-state index in [0.29, 0.717) is 0 Å². The molecule has 0 aromatic heterocycles. The summed E-state index contributed by atoms with van der Waals surface area (Å²) in [5.74, 6) is 0.447. The van der Waals surface area contributed by atoms with Crippen LogP contribution in [-0.4, -0.2) is 38.6 Å². The smallest absolute Gasteiger partial charge is 0.232 e. The number of nitrogens with one attached hydrogen (secondary N) is 1. The van der Waals surface area contributed by atoms with Crippen LogP contribution in [0.4, 0.5) is 11.4 Å². The SMILES string of the molecule is CCN1CCN(C(=O)C2CNC2)c2ccccc21. The second kappa shape index (κ2) is 4.61. The Hall–Kier alpha value is -1.55. The number of para-hydroxylation sites is 2. The number of benzene rings is 1. The van der Waals surface area contributed by atoms with Gasteiger partial charge >= 0.3 is 0 Å². The highest BCUT2D eigenvalue weighted by molar-refractivity contribution is 5.99. The fourth-order valence-electron chi connectivity index (χ4n) is 2.66. The molecule has 2 aliphatic heterocycles. The van der Waals surface area contributed by atoms with Crippen molar-refractivity contribution in [2.24, 2.45) is 5.92 Å². The lowest BCUT2D eigenvalue weighted by atomic mass is 10.0. The molecule has 4 heteroatoms. The van der Waals surface area contributed by atoms with Crippen LogP contribution in [0.1, 0.15) is 6.92 Å². The van der Waals surface area contributed by atoms with Crippen LogP contribution >= 0.6 is 0 Å². The molecule has 1 saturated heterocycles. The molecule has 0 radical (unpaired) electrons.